The van der Waals surface area contributed by atoms with Crippen LogP contribution in [-0.2, 0) is 17.8 Å². The van der Waals surface area contributed by atoms with Crippen LogP contribution in [0.15, 0.2) is 18.2 Å². The Morgan fingerprint density at radius 2 is 2.00 bits per heavy atom. The van der Waals surface area contributed by atoms with Crippen LogP contribution in [0.4, 0.5) is 5.69 Å². The van der Waals surface area contributed by atoms with E-state index in [2.05, 4.69) is 13.0 Å². The molecule has 3 heteroatoms. The van der Waals surface area contributed by atoms with Crippen molar-refractivity contribution in [2.75, 3.05) is 12.3 Å². The van der Waals surface area contributed by atoms with Crippen LogP contribution in [0.25, 0.3) is 0 Å². The highest BCUT2D eigenvalue weighted by Gasteiger charge is 2.38. The first-order valence-corrected chi connectivity index (χ1v) is 7.76. The highest BCUT2D eigenvalue weighted by molar-refractivity contribution is 5.82. The maximum Gasteiger partial charge on any atom is 0.228 e. The van der Waals surface area contributed by atoms with Gasteiger partial charge in [-0.15, -0.1) is 0 Å². The average molecular weight is 272 g/mol. The summed E-state index contributed by atoms with van der Waals surface area (Å²) in [5, 5.41) is 0. The second-order valence-electron chi connectivity index (χ2n) is 6.58. The molecule has 1 aromatic carbocycles. The smallest absolute Gasteiger partial charge is 0.228 e. The summed E-state index contributed by atoms with van der Waals surface area (Å²) < 4.78 is 0. The molecule has 2 aliphatic rings. The fourth-order valence-electron chi connectivity index (χ4n) is 3.74. The third kappa shape index (κ3) is 2.30. The first-order chi connectivity index (χ1) is 9.60. The molecule has 3 rings (SSSR count). The van der Waals surface area contributed by atoms with Gasteiger partial charge in [0.15, 0.2) is 0 Å². The molecular formula is C17H24N2O. The van der Waals surface area contributed by atoms with Crippen LogP contribution in [0.3, 0.4) is 0 Å². The number of rotatable bonds is 1. The fraction of sp³-hybridized carbons (Fsp3) is 0.588. The van der Waals surface area contributed by atoms with E-state index in [1.54, 1.807) is 0 Å². The Hall–Kier alpha value is -1.51. The monoisotopic (exact) mass is 272 g/mol. The largest absolute Gasteiger partial charge is 0.398 e. The zero-order chi connectivity index (χ0) is 14.2. The fourth-order valence-corrected chi connectivity index (χ4v) is 3.74. The number of carbonyl (C=O) groups is 1. The van der Waals surface area contributed by atoms with Gasteiger partial charge >= 0.3 is 0 Å². The van der Waals surface area contributed by atoms with E-state index < -0.39 is 0 Å². The number of amides is 1. The Balaban J connectivity index is 1.78. The minimum absolute atomic E-state index is 0.129. The van der Waals surface area contributed by atoms with Gasteiger partial charge < -0.3 is 10.6 Å². The van der Waals surface area contributed by atoms with Gasteiger partial charge in [0.2, 0.25) is 5.91 Å². The van der Waals surface area contributed by atoms with E-state index in [9.17, 15) is 4.79 Å². The number of hydrogen-bond donors (Lipinski definition) is 1. The van der Waals surface area contributed by atoms with E-state index in [1.807, 2.05) is 17.0 Å². The predicted molar refractivity (Wildman–Crippen MR) is 81.2 cm³/mol. The van der Waals surface area contributed by atoms with Crippen molar-refractivity contribution in [3.05, 3.63) is 29.3 Å². The van der Waals surface area contributed by atoms with E-state index in [0.717, 1.165) is 38.0 Å². The van der Waals surface area contributed by atoms with Gasteiger partial charge in [-0.3, -0.25) is 4.79 Å². The third-order valence-electron chi connectivity index (χ3n) is 5.06. The van der Waals surface area contributed by atoms with E-state index in [-0.39, 0.29) is 5.41 Å². The molecule has 1 saturated carbocycles. The van der Waals surface area contributed by atoms with Gasteiger partial charge in [-0.05, 0) is 36.5 Å². The molecule has 1 aliphatic carbocycles. The Morgan fingerprint density at radius 1 is 1.25 bits per heavy atom. The van der Waals surface area contributed by atoms with Crippen LogP contribution in [0.5, 0.6) is 0 Å². The van der Waals surface area contributed by atoms with Crippen molar-refractivity contribution in [1.82, 2.24) is 4.90 Å². The summed E-state index contributed by atoms with van der Waals surface area (Å²) in [6.45, 7) is 3.70. The molecule has 0 saturated heterocycles. The lowest BCUT2D eigenvalue weighted by molar-refractivity contribution is -0.144. The van der Waals surface area contributed by atoms with Crippen LogP contribution in [0.1, 0.15) is 50.2 Å². The summed E-state index contributed by atoms with van der Waals surface area (Å²) in [6.07, 6.45) is 6.66. The van der Waals surface area contributed by atoms with Gasteiger partial charge in [-0.1, -0.05) is 38.3 Å². The second kappa shape index (κ2) is 5.12. The number of benzene rings is 1. The Morgan fingerprint density at radius 3 is 2.75 bits per heavy atom. The normalized spacial score (nSPS) is 21.4. The minimum Gasteiger partial charge on any atom is -0.398 e. The summed E-state index contributed by atoms with van der Waals surface area (Å²) in [5.74, 6) is 0.352. The van der Waals surface area contributed by atoms with Crippen molar-refractivity contribution in [3.63, 3.8) is 0 Å². The second-order valence-corrected chi connectivity index (χ2v) is 6.58. The zero-order valence-electron chi connectivity index (χ0n) is 12.3. The Bertz CT molecular complexity index is 518. The van der Waals surface area contributed by atoms with Gasteiger partial charge in [-0.25, -0.2) is 0 Å². The summed E-state index contributed by atoms with van der Waals surface area (Å²) in [6, 6.07) is 6.05. The first kappa shape index (κ1) is 13.5. The lowest BCUT2D eigenvalue weighted by atomic mass is 9.74. The van der Waals surface area contributed by atoms with Crippen LogP contribution < -0.4 is 5.73 Å². The summed E-state index contributed by atoms with van der Waals surface area (Å²) in [4.78, 5) is 14.9. The summed E-state index contributed by atoms with van der Waals surface area (Å²) in [7, 11) is 0. The molecule has 0 aromatic heterocycles. The lowest BCUT2D eigenvalue weighted by Gasteiger charge is -2.39. The molecule has 1 aliphatic heterocycles. The van der Waals surface area contributed by atoms with Crippen LogP contribution >= 0.6 is 0 Å². The number of nitrogens with zero attached hydrogens (tertiary/aromatic N) is 1. The molecule has 20 heavy (non-hydrogen) atoms. The molecule has 1 heterocycles. The summed E-state index contributed by atoms with van der Waals surface area (Å²) >= 11 is 0. The maximum absolute atomic E-state index is 12.9. The van der Waals surface area contributed by atoms with Crippen LogP contribution in [0.2, 0.25) is 0 Å². The molecule has 108 valence electrons. The summed E-state index contributed by atoms with van der Waals surface area (Å²) in [5.41, 5.74) is 9.24. The van der Waals surface area contributed by atoms with Crippen LogP contribution in [0, 0.1) is 5.41 Å². The average Bonchev–Trinajstić information content (AvgIpc) is 2.47. The van der Waals surface area contributed by atoms with Gasteiger partial charge in [0, 0.05) is 24.2 Å². The lowest BCUT2D eigenvalue weighted by Crippen LogP contribution is -2.45. The molecule has 0 atom stereocenters. The molecule has 1 amide bonds. The molecule has 1 fully saturated rings. The van der Waals surface area contributed by atoms with Crippen molar-refractivity contribution < 1.29 is 4.79 Å². The van der Waals surface area contributed by atoms with Gasteiger partial charge in [0.05, 0.1) is 0 Å². The highest BCUT2D eigenvalue weighted by Crippen LogP contribution is 2.38. The molecule has 0 unspecified atom stereocenters. The van der Waals surface area contributed by atoms with Crippen LogP contribution in [-0.4, -0.2) is 17.4 Å². The standard InChI is InChI=1S/C17H24N2O/c1-17(9-3-2-4-10-17)16(20)19-11-8-14-13(12-19)6-5-7-15(14)18/h5-7H,2-4,8-12,18H2,1H3. The van der Waals surface area contributed by atoms with Gasteiger partial charge in [0.25, 0.3) is 0 Å². The van der Waals surface area contributed by atoms with Crippen molar-refractivity contribution in [3.8, 4) is 0 Å². The molecule has 0 radical (unpaired) electrons. The van der Waals surface area contributed by atoms with E-state index >= 15 is 0 Å². The topological polar surface area (TPSA) is 46.3 Å². The third-order valence-corrected chi connectivity index (χ3v) is 5.06. The maximum atomic E-state index is 12.9. The van der Waals surface area contributed by atoms with Gasteiger partial charge in [-0.2, -0.15) is 0 Å². The SMILES string of the molecule is CC1(C(=O)N2CCc3c(N)cccc3C2)CCCCC1. The Kier molecular flexibility index (Phi) is 3.45. The quantitative estimate of drug-likeness (QED) is 0.798. The van der Waals surface area contributed by atoms with Crippen molar-refractivity contribution in [1.29, 1.82) is 0 Å². The number of nitrogens with two attached hydrogens (primary N) is 1. The molecule has 1 aromatic rings. The van der Waals surface area contributed by atoms with E-state index in [1.165, 1.54) is 30.4 Å². The number of nitrogen functional groups attached to an aromatic ring is 1. The molecule has 0 bridgehead atoms. The number of carbonyl (C=O) groups excluding carboxylic acids is 1. The Labute approximate surface area is 121 Å². The van der Waals surface area contributed by atoms with E-state index in [4.69, 9.17) is 5.73 Å². The number of hydrogen-bond acceptors (Lipinski definition) is 2. The molecular weight excluding hydrogens is 248 g/mol. The molecule has 0 spiro atoms. The first-order valence-electron chi connectivity index (χ1n) is 7.76. The highest BCUT2D eigenvalue weighted by atomic mass is 16.2. The predicted octanol–water partition coefficient (Wildman–Crippen LogP) is 3.12. The van der Waals surface area contributed by atoms with Crippen molar-refractivity contribution in [2.24, 2.45) is 5.41 Å². The zero-order valence-corrected chi connectivity index (χ0v) is 12.3. The van der Waals surface area contributed by atoms with Crippen molar-refractivity contribution >= 4 is 11.6 Å². The van der Waals surface area contributed by atoms with Gasteiger partial charge in [0.1, 0.15) is 0 Å². The minimum atomic E-state index is -0.129. The number of anilines is 1. The molecule has 2 N–H and O–H groups in total. The number of fused-ring (bicyclic) bond motifs is 1. The van der Waals surface area contributed by atoms with E-state index in [0.29, 0.717) is 5.91 Å². The van der Waals surface area contributed by atoms with Crippen molar-refractivity contribution in [2.45, 2.75) is 52.0 Å². The molecule has 3 nitrogen and oxygen atoms in total.